The van der Waals surface area contributed by atoms with Crippen LogP contribution in [0.25, 0.3) is 0 Å². The van der Waals surface area contributed by atoms with Crippen molar-refractivity contribution < 1.29 is 4.74 Å². The molecule has 5 nitrogen and oxygen atoms in total. The number of ether oxygens (including phenoxy) is 1. The highest BCUT2D eigenvalue weighted by Crippen LogP contribution is 2.48. The van der Waals surface area contributed by atoms with E-state index in [0.29, 0.717) is 5.41 Å². The monoisotopic (exact) mass is 502 g/mol. The van der Waals surface area contributed by atoms with E-state index in [4.69, 9.17) is 9.72 Å². The molecule has 0 atom stereocenters. The number of hydrogen-bond acceptors (Lipinski definition) is 6. The van der Waals surface area contributed by atoms with Gasteiger partial charge in [0.1, 0.15) is 11.6 Å². The molecule has 1 spiro atoms. The summed E-state index contributed by atoms with van der Waals surface area (Å²) >= 11 is 1.81. The van der Waals surface area contributed by atoms with Crippen molar-refractivity contribution in [1.29, 1.82) is 0 Å². The van der Waals surface area contributed by atoms with Crippen LogP contribution in [0.15, 0.2) is 46.3 Å². The van der Waals surface area contributed by atoms with Gasteiger partial charge in [0.25, 0.3) is 0 Å². The standard InChI is InChI=1S/C27H38N4OS.ClH/c1-29-17-10-27(11-18-29)12-19-30(20-13-27)15-4-3-5-16-31-23-21-22(32-2)8-9-24(23)33-25-7-6-14-28-26(25)31;/h6-9,14,21H,3-5,10-13,15-20H2,1-2H3;1H. The summed E-state index contributed by atoms with van der Waals surface area (Å²) in [5.41, 5.74) is 1.88. The van der Waals surface area contributed by atoms with Gasteiger partial charge in [-0.2, -0.15) is 0 Å². The van der Waals surface area contributed by atoms with Crippen molar-refractivity contribution in [3.05, 3.63) is 36.5 Å². The Hall–Kier alpha value is -1.47. The van der Waals surface area contributed by atoms with Gasteiger partial charge in [-0.3, -0.25) is 0 Å². The highest BCUT2D eigenvalue weighted by atomic mass is 35.5. The third kappa shape index (κ3) is 5.67. The Morgan fingerprint density at radius 2 is 1.68 bits per heavy atom. The molecule has 0 saturated carbocycles. The van der Waals surface area contributed by atoms with E-state index in [1.807, 2.05) is 24.0 Å². The molecular weight excluding hydrogens is 464 g/mol. The molecule has 3 aliphatic rings. The van der Waals surface area contributed by atoms with Gasteiger partial charge < -0.3 is 19.4 Å². The van der Waals surface area contributed by atoms with E-state index in [-0.39, 0.29) is 12.4 Å². The maximum atomic E-state index is 5.51. The molecule has 5 rings (SSSR count). The van der Waals surface area contributed by atoms with Gasteiger partial charge in [0.2, 0.25) is 0 Å². The first-order valence-electron chi connectivity index (χ1n) is 12.7. The summed E-state index contributed by atoms with van der Waals surface area (Å²) < 4.78 is 5.51. The lowest BCUT2D eigenvalue weighted by molar-refractivity contribution is 0.0423. The molecule has 1 aromatic heterocycles. The molecule has 0 N–H and O–H groups in total. The Kier molecular flexibility index (Phi) is 8.67. The number of likely N-dealkylation sites (tertiary alicyclic amines) is 2. The van der Waals surface area contributed by atoms with E-state index in [1.165, 1.54) is 93.1 Å². The van der Waals surface area contributed by atoms with Crippen molar-refractivity contribution in [3.63, 3.8) is 0 Å². The first kappa shape index (κ1) is 25.6. The van der Waals surface area contributed by atoms with Gasteiger partial charge in [0.15, 0.2) is 0 Å². The zero-order valence-electron chi connectivity index (χ0n) is 20.7. The molecule has 186 valence electrons. The van der Waals surface area contributed by atoms with Crippen LogP contribution in [0.5, 0.6) is 5.75 Å². The zero-order chi connectivity index (χ0) is 22.7. The van der Waals surface area contributed by atoms with Crippen LogP contribution < -0.4 is 9.64 Å². The molecule has 3 aliphatic heterocycles. The number of anilines is 2. The molecule has 2 fully saturated rings. The number of methoxy groups -OCH3 is 1. The van der Waals surface area contributed by atoms with Crippen molar-refractivity contribution in [1.82, 2.24) is 14.8 Å². The van der Waals surface area contributed by atoms with Crippen LogP contribution >= 0.6 is 24.2 Å². The maximum absolute atomic E-state index is 5.51. The van der Waals surface area contributed by atoms with Crippen LogP contribution in [-0.2, 0) is 0 Å². The topological polar surface area (TPSA) is 31.8 Å². The van der Waals surface area contributed by atoms with Gasteiger partial charge in [0.05, 0.1) is 17.7 Å². The molecule has 2 saturated heterocycles. The van der Waals surface area contributed by atoms with Crippen molar-refractivity contribution in [2.45, 2.75) is 54.7 Å². The fourth-order valence-electron chi connectivity index (χ4n) is 5.67. The third-order valence-corrected chi connectivity index (χ3v) is 9.11. The predicted molar refractivity (Wildman–Crippen MR) is 144 cm³/mol. The van der Waals surface area contributed by atoms with Gasteiger partial charge >= 0.3 is 0 Å². The van der Waals surface area contributed by atoms with E-state index in [1.54, 1.807) is 7.11 Å². The number of pyridine rings is 1. The van der Waals surface area contributed by atoms with Crippen molar-refractivity contribution in [2.75, 3.05) is 58.3 Å². The summed E-state index contributed by atoms with van der Waals surface area (Å²) in [6.45, 7) is 7.45. The van der Waals surface area contributed by atoms with Gasteiger partial charge in [-0.05, 0) is 108 Å². The lowest BCUT2D eigenvalue weighted by atomic mass is 9.71. The highest BCUT2D eigenvalue weighted by molar-refractivity contribution is 7.99. The predicted octanol–water partition coefficient (Wildman–Crippen LogP) is 6.09. The second-order valence-electron chi connectivity index (χ2n) is 10.1. The van der Waals surface area contributed by atoms with Gasteiger partial charge in [0, 0.05) is 23.7 Å². The first-order valence-corrected chi connectivity index (χ1v) is 13.5. The summed E-state index contributed by atoms with van der Waals surface area (Å²) in [6, 6.07) is 10.6. The fourth-order valence-corrected chi connectivity index (χ4v) is 6.72. The Morgan fingerprint density at radius 3 is 2.44 bits per heavy atom. The summed E-state index contributed by atoms with van der Waals surface area (Å²) in [7, 11) is 4.01. The smallest absolute Gasteiger partial charge is 0.147 e. The molecule has 0 aliphatic carbocycles. The lowest BCUT2D eigenvalue weighted by Crippen LogP contribution is -2.46. The maximum Gasteiger partial charge on any atom is 0.147 e. The minimum atomic E-state index is 0. The second kappa shape index (κ2) is 11.5. The Balaban J connectivity index is 0.00000274. The van der Waals surface area contributed by atoms with Crippen molar-refractivity contribution >= 4 is 35.7 Å². The largest absolute Gasteiger partial charge is 0.497 e. The number of rotatable bonds is 7. The van der Waals surface area contributed by atoms with E-state index in [2.05, 4.69) is 46.0 Å². The number of nitrogens with zero attached hydrogens (tertiary/aromatic N) is 4. The number of piperidine rings is 2. The van der Waals surface area contributed by atoms with Crippen LogP contribution in [0.4, 0.5) is 11.5 Å². The van der Waals surface area contributed by atoms with Crippen LogP contribution in [0, 0.1) is 5.41 Å². The molecule has 1 aromatic carbocycles. The normalized spacial score (nSPS) is 19.9. The van der Waals surface area contributed by atoms with Crippen LogP contribution in [-0.4, -0.2) is 68.2 Å². The number of benzene rings is 1. The third-order valence-electron chi connectivity index (χ3n) is 8.00. The zero-order valence-corrected chi connectivity index (χ0v) is 22.3. The molecule has 34 heavy (non-hydrogen) atoms. The Morgan fingerprint density at radius 1 is 0.941 bits per heavy atom. The Labute approximate surface area is 215 Å². The molecule has 7 heteroatoms. The van der Waals surface area contributed by atoms with E-state index in [9.17, 15) is 0 Å². The summed E-state index contributed by atoms with van der Waals surface area (Å²) in [4.78, 5) is 14.9. The van der Waals surface area contributed by atoms with Gasteiger partial charge in [-0.25, -0.2) is 4.98 Å². The number of hydrogen-bond donors (Lipinski definition) is 0. The van der Waals surface area contributed by atoms with Crippen molar-refractivity contribution in [3.8, 4) is 5.75 Å². The number of aromatic nitrogens is 1. The molecule has 2 aromatic rings. The molecule has 0 unspecified atom stereocenters. The van der Waals surface area contributed by atoms with E-state index < -0.39 is 0 Å². The second-order valence-corrected chi connectivity index (χ2v) is 11.2. The molecular formula is C27H39ClN4OS. The quantitative estimate of drug-likeness (QED) is 0.426. The number of unbranched alkanes of at least 4 members (excludes halogenated alkanes) is 2. The molecule has 0 radical (unpaired) electrons. The molecule has 0 bridgehead atoms. The van der Waals surface area contributed by atoms with Crippen LogP contribution in [0.1, 0.15) is 44.9 Å². The number of fused-ring (bicyclic) bond motifs is 2. The summed E-state index contributed by atoms with van der Waals surface area (Å²) in [6.07, 6.45) is 11.3. The minimum Gasteiger partial charge on any atom is -0.497 e. The van der Waals surface area contributed by atoms with E-state index >= 15 is 0 Å². The average Bonchev–Trinajstić information content (AvgIpc) is 2.86. The Bertz CT molecular complexity index is 940. The first-order chi connectivity index (χ1) is 16.2. The SMILES string of the molecule is COc1ccc2c(c1)N(CCCCCN1CCC3(CCN(C)CC3)CC1)c1ncccc1S2.Cl. The summed E-state index contributed by atoms with van der Waals surface area (Å²) in [5, 5.41) is 0. The van der Waals surface area contributed by atoms with Gasteiger partial charge in [-0.1, -0.05) is 18.2 Å². The fraction of sp³-hybridized carbons (Fsp3) is 0.593. The number of halogens is 1. The van der Waals surface area contributed by atoms with Crippen LogP contribution in [0.3, 0.4) is 0 Å². The van der Waals surface area contributed by atoms with Gasteiger partial charge in [-0.15, -0.1) is 12.4 Å². The molecule has 4 heterocycles. The van der Waals surface area contributed by atoms with E-state index in [0.717, 1.165) is 18.1 Å². The van der Waals surface area contributed by atoms with Crippen molar-refractivity contribution in [2.24, 2.45) is 5.41 Å². The lowest BCUT2D eigenvalue weighted by Gasteiger charge is -2.46. The minimum absolute atomic E-state index is 0. The summed E-state index contributed by atoms with van der Waals surface area (Å²) in [5.74, 6) is 1.99. The highest BCUT2D eigenvalue weighted by Gasteiger charge is 2.36. The average molecular weight is 503 g/mol. The van der Waals surface area contributed by atoms with Crippen LogP contribution in [0.2, 0.25) is 0 Å². The molecule has 0 amide bonds.